The number of rotatable bonds is 3. The van der Waals surface area contributed by atoms with Crippen LogP contribution in [0.3, 0.4) is 0 Å². The molecular formula is C13H14ClNO. The van der Waals surface area contributed by atoms with E-state index < -0.39 is 0 Å². The minimum Gasteiger partial charge on any atom is -0.489 e. The molecule has 0 spiro atoms. The van der Waals surface area contributed by atoms with Gasteiger partial charge in [-0.3, -0.25) is 0 Å². The molecule has 0 amide bonds. The number of benzene rings is 2. The minimum atomic E-state index is 0. The van der Waals surface area contributed by atoms with Gasteiger partial charge in [-0.2, -0.15) is 0 Å². The lowest BCUT2D eigenvalue weighted by atomic mass is 10.2. The zero-order chi connectivity index (χ0) is 10.5. The monoisotopic (exact) mass is 235 g/mol. The van der Waals surface area contributed by atoms with Crippen LogP contribution in [0.4, 0.5) is 5.69 Å². The van der Waals surface area contributed by atoms with Crippen molar-refractivity contribution >= 4 is 18.1 Å². The summed E-state index contributed by atoms with van der Waals surface area (Å²) >= 11 is 0. The first-order chi connectivity index (χ1) is 7.34. The van der Waals surface area contributed by atoms with Gasteiger partial charge < -0.3 is 10.5 Å². The Hall–Kier alpha value is -1.67. The lowest BCUT2D eigenvalue weighted by Gasteiger charge is -2.06. The maximum Gasteiger partial charge on any atom is 0.119 e. The van der Waals surface area contributed by atoms with Crippen molar-refractivity contribution in [2.45, 2.75) is 6.61 Å². The largest absolute Gasteiger partial charge is 0.489 e. The third-order valence-corrected chi connectivity index (χ3v) is 2.10. The number of nitrogens with two attached hydrogens (primary N) is 1. The first-order valence-electron chi connectivity index (χ1n) is 4.87. The number of hydrogen-bond donors (Lipinski definition) is 1. The second-order valence-corrected chi connectivity index (χ2v) is 3.35. The Morgan fingerprint density at radius 2 is 1.69 bits per heavy atom. The molecule has 0 aromatic heterocycles. The van der Waals surface area contributed by atoms with Crippen LogP contribution in [0.15, 0.2) is 54.6 Å². The zero-order valence-corrected chi connectivity index (χ0v) is 9.61. The van der Waals surface area contributed by atoms with Gasteiger partial charge in [0.15, 0.2) is 0 Å². The normalized spacial score (nSPS) is 9.25. The summed E-state index contributed by atoms with van der Waals surface area (Å²) in [6, 6.07) is 17.5. The van der Waals surface area contributed by atoms with Crippen molar-refractivity contribution in [1.82, 2.24) is 0 Å². The van der Waals surface area contributed by atoms with Crippen LogP contribution in [0.5, 0.6) is 5.75 Å². The summed E-state index contributed by atoms with van der Waals surface area (Å²) in [4.78, 5) is 0. The van der Waals surface area contributed by atoms with Crippen LogP contribution in [0.25, 0.3) is 0 Å². The molecular weight excluding hydrogens is 222 g/mol. The number of nitrogen functional groups attached to an aromatic ring is 1. The second-order valence-electron chi connectivity index (χ2n) is 3.35. The first-order valence-corrected chi connectivity index (χ1v) is 4.87. The molecule has 16 heavy (non-hydrogen) atoms. The maximum atomic E-state index is 5.67. The fraction of sp³-hybridized carbons (Fsp3) is 0.0769. The molecule has 0 bridgehead atoms. The van der Waals surface area contributed by atoms with Crippen LogP contribution >= 0.6 is 12.4 Å². The average molecular weight is 236 g/mol. The molecule has 0 aliphatic carbocycles. The minimum absolute atomic E-state index is 0. The molecule has 2 nitrogen and oxygen atoms in total. The summed E-state index contributed by atoms with van der Waals surface area (Å²) in [5.74, 6) is 0.875. The van der Waals surface area contributed by atoms with Crippen LogP contribution < -0.4 is 10.5 Å². The van der Waals surface area contributed by atoms with Crippen LogP contribution in [-0.2, 0) is 6.61 Å². The van der Waals surface area contributed by atoms with Crippen LogP contribution in [0.2, 0.25) is 0 Å². The average Bonchev–Trinajstić information content (AvgIpc) is 2.28. The van der Waals surface area contributed by atoms with E-state index in [0.29, 0.717) is 6.61 Å². The summed E-state index contributed by atoms with van der Waals surface area (Å²) in [5, 5.41) is 0. The molecule has 2 N–H and O–H groups in total. The van der Waals surface area contributed by atoms with Gasteiger partial charge in [-0.05, 0) is 29.8 Å². The Morgan fingerprint density at radius 3 is 2.38 bits per heavy atom. The van der Waals surface area contributed by atoms with E-state index >= 15 is 0 Å². The fourth-order valence-corrected chi connectivity index (χ4v) is 1.37. The van der Waals surface area contributed by atoms with Gasteiger partial charge in [-0.1, -0.05) is 30.3 Å². The van der Waals surface area contributed by atoms with Gasteiger partial charge in [-0.15, -0.1) is 12.4 Å². The molecule has 0 aliphatic rings. The van der Waals surface area contributed by atoms with E-state index in [0.717, 1.165) is 17.0 Å². The Labute approximate surface area is 101 Å². The predicted octanol–water partition coefficient (Wildman–Crippen LogP) is 3.27. The molecule has 0 saturated heterocycles. The van der Waals surface area contributed by atoms with E-state index in [4.69, 9.17) is 10.5 Å². The molecule has 0 radical (unpaired) electrons. The molecule has 84 valence electrons. The molecule has 3 heteroatoms. The van der Waals surface area contributed by atoms with Crippen molar-refractivity contribution in [2.24, 2.45) is 0 Å². The summed E-state index contributed by atoms with van der Waals surface area (Å²) in [6.07, 6.45) is 0. The topological polar surface area (TPSA) is 35.2 Å². The van der Waals surface area contributed by atoms with E-state index in [1.807, 2.05) is 54.6 Å². The van der Waals surface area contributed by atoms with Crippen molar-refractivity contribution in [3.8, 4) is 5.75 Å². The van der Waals surface area contributed by atoms with Crippen LogP contribution in [0, 0.1) is 0 Å². The first kappa shape index (κ1) is 12.4. The molecule has 2 aromatic rings. The number of ether oxygens (including phenoxy) is 1. The summed E-state index contributed by atoms with van der Waals surface area (Å²) < 4.78 is 5.59. The van der Waals surface area contributed by atoms with Gasteiger partial charge in [0.05, 0.1) is 0 Å². The third kappa shape index (κ3) is 3.48. The highest BCUT2D eigenvalue weighted by molar-refractivity contribution is 5.85. The van der Waals surface area contributed by atoms with Crippen molar-refractivity contribution in [1.29, 1.82) is 0 Å². The standard InChI is InChI=1S/C13H13NO.ClH/c14-12-6-4-5-11(9-12)10-15-13-7-2-1-3-8-13;/h1-9H,10,14H2;1H. The summed E-state index contributed by atoms with van der Waals surface area (Å²) in [5.41, 5.74) is 7.52. The predicted molar refractivity (Wildman–Crippen MR) is 68.9 cm³/mol. The SMILES string of the molecule is Cl.Nc1cccc(COc2ccccc2)c1. The van der Waals surface area contributed by atoms with E-state index in [-0.39, 0.29) is 12.4 Å². The van der Waals surface area contributed by atoms with E-state index in [2.05, 4.69) is 0 Å². The Balaban J connectivity index is 0.00000128. The van der Waals surface area contributed by atoms with Gasteiger partial charge in [0.25, 0.3) is 0 Å². The number of anilines is 1. The lowest BCUT2D eigenvalue weighted by molar-refractivity contribution is 0.306. The van der Waals surface area contributed by atoms with Gasteiger partial charge in [-0.25, -0.2) is 0 Å². The van der Waals surface area contributed by atoms with Crippen molar-refractivity contribution in [3.63, 3.8) is 0 Å². The van der Waals surface area contributed by atoms with Gasteiger partial charge in [0.2, 0.25) is 0 Å². The molecule has 0 fully saturated rings. The third-order valence-electron chi connectivity index (χ3n) is 2.10. The molecule has 0 unspecified atom stereocenters. The molecule has 2 aromatic carbocycles. The Morgan fingerprint density at radius 1 is 0.938 bits per heavy atom. The second kappa shape index (κ2) is 6.03. The highest BCUT2D eigenvalue weighted by Crippen LogP contribution is 2.12. The highest BCUT2D eigenvalue weighted by Gasteiger charge is 1.95. The van der Waals surface area contributed by atoms with Crippen molar-refractivity contribution in [3.05, 3.63) is 60.2 Å². The smallest absolute Gasteiger partial charge is 0.119 e. The van der Waals surface area contributed by atoms with Gasteiger partial charge in [0, 0.05) is 5.69 Å². The quantitative estimate of drug-likeness (QED) is 0.829. The van der Waals surface area contributed by atoms with Crippen molar-refractivity contribution in [2.75, 3.05) is 5.73 Å². The van der Waals surface area contributed by atoms with E-state index in [1.54, 1.807) is 0 Å². The zero-order valence-electron chi connectivity index (χ0n) is 8.80. The number of para-hydroxylation sites is 1. The van der Waals surface area contributed by atoms with Gasteiger partial charge >= 0.3 is 0 Å². The molecule has 0 heterocycles. The number of hydrogen-bond acceptors (Lipinski definition) is 2. The van der Waals surface area contributed by atoms with E-state index in [1.165, 1.54) is 0 Å². The summed E-state index contributed by atoms with van der Waals surface area (Å²) in [7, 11) is 0. The molecule has 0 saturated carbocycles. The van der Waals surface area contributed by atoms with Gasteiger partial charge in [0.1, 0.15) is 12.4 Å². The Kier molecular flexibility index (Phi) is 4.67. The fourth-order valence-electron chi connectivity index (χ4n) is 1.37. The Bertz CT molecular complexity index is 431. The maximum absolute atomic E-state index is 5.67. The van der Waals surface area contributed by atoms with Crippen molar-refractivity contribution < 1.29 is 4.74 Å². The van der Waals surface area contributed by atoms with Crippen LogP contribution in [0.1, 0.15) is 5.56 Å². The molecule has 2 rings (SSSR count). The highest BCUT2D eigenvalue weighted by atomic mass is 35.5. The summed E-state index contributed by atoms with van der Waals surface area (Å²) in [6.45, 7) is 0.551. The molecule has 0 aliphatic heterocycles. The molecule has 0 atom stereocenters. The van der Waals surface area contributed by atoms with E-state index in [9.17, 15) is 0 Å². The number of halogens is 1. The van der Waals surface area contributed by atoms with Crippen LogP contribution in [-0.4, -0.2) is 0 Å². The lowest BCUT2D eigenvalue weighted by Crippen LogP contribution is -1.96.